The third-order valence-electron chi connectivity index (χ3n) is 6.54. The summed E-state index contributed by atoms with van der Waals surface area (Å²) >= 11 is 0. The van der Waals surface area contributed by atoms with E-state index in [9.17, 15) is 12.8 Å². The molecule has 0 aliphatic heterocycles. The molecule has 0 saturated carbocycles. The van der Waals surface area contributed by atoms with Crippen molar-refractivity contribution in [2.24, 2.45) is 0 Å². The average Bonchev–Trinajstić information content (AvgIpc) is 3.54. The minimum Gasteiger partial charge on any atom is -0.308 e. The van der Waals surface area contributed by atoms with Gasteiger partial charge in [0.15, 0.2) is 0 Å². The van der Waals surface area contributed by atoms with E-state index >= 15 is 0 Å². The van der Waals surface area contributed by atoms with Crippen LogP contribution in [-0.2, 0) is 16.6 Å². The Morgan fingerprint density at radius 3 is 2.41 bits per heavy atom. The van der Waals surface area contributed by atoms with Gasteiger partial charge in [-0.1, -0.05) is 18.2 Å². The van der Waals surface area contributed by atoms with Gasteiger partial charge in [0, 0.05) is 24.0 Å². The fraction of sp³-hybridized carbons (Fsp3) is 0.241. The van der Waals surface area contributed by atoms with Crippen molar-refractivity contribution in [3.05, 3.63) is 85.2 Å². The normalized spacial score (nSPS) is 12.1. The van der Waals surface area contributed by atoms with E-state index in [1.54, 1.807) is 44.4 Å². The number of halogens is 1. The van der Waals surface area contributed by atoms with Gasteiger partial charge in [-0.25, -0.2) is 17.8 Å². The number of fused-ring (bicyclic) bond motifs is 1. The maximum atomic E-state index is 13.6. The van der Waals surface area contributed by atoms with E-state index in [2.05, 4.69) is 19.7 Å². The first-order valence-corrected chi connectivity index (χ1v) is 14.2. The van der Waals surface area contributed by atoms with Crippen LogP contribution in [0.15, 0.2) is 79.4 Å². The lowest BCUT2D eigenvalue weighted by molar-refractivity contribution is 0.373. The number of hydrogen-bond donors (Lipinski definition) is 1. The van der Waals surface area contributed by atoms with Gasteiger partial charge < -0.3 is 4.90 Å². The molecule has 3 aromatic carbocycles. The van der Waals surface area contributed by atoms with Crippen molar-refractivity contribution in [3.63, 3.8) is 0 Å². The molecule has 0 spiro atoms. The van der Waals surface area contributed by atoms with Crippen LogP contribution in [0.1, 0.15) is 13.8 Å². The summed E-state index contributed by atoms with van der Waals surface area (Å²) in [6.07, 6.45) is 5.60. The molecule has 5 rings (SSSR count). The van der Waals surface area contributed by atoms with Crippen molar-refractivity contribution < 1.29 is 12.8 Å². The molecule has 2 heterocycles. The first kappa shape index (κ1) is 26.6. The number of aromatic nitrogens is 4. The van der Waals surface area contributed by atoms with E-state index in [0.29, 0.717) is 5.69 Å². The van der Waals surface area contributed by atoms with Gasteiger partial charge in [-0.15, -0.1) is 0 Å². The minimum absolute atomic E-state index is 0.338. The number of anilines is 1. The molecule has 39 heavy (non-hydrogen) atoms. The maximum absolute atomic E-state index is 13.6. The highest BCUT2D eigenvalue weighted by atomic mass is 32.2. The van der Waals surface area contributed by atoms with Crippen molar-refractivity contribution in [1.29, 1.82) is 0 Å². The smallest absolute Gasteiger partial charge is 0.235 e. The lowest BCUT2D eigenvalue weighted by Gasteiger charge is -2.15. The zero-order valence-electron chi connectivity index (χ0n) is 22.3. The zero-order valence-corrected chi connectivity index (χ0v) is 23.2. The predicted octanol–water partition coefficient (Wildman–Crippen LogP) is 5.41. The largest absolute Gasteiger partial charge is 0.308 e. The van der Waals surface area contributed by atoms with Gasteiger partial charge >= 0.3 is 0 Å². The van der Waals surface area contributed by atoms with Crippen molar-refractivity contribution >= 4 is 26.7 Å². The summed E-state index contributed by atoms with van der Waals surface area (Å²) in [5.41, 5.74) is 6.34. The number of sulfonamides is 1. The molecule has 0 saturated heterocycles. The van der Waals surface area contributed by atoms with Gasteiger partial charge in [0.05, 0.1) is 34.7 Å². The van der Waals surface area contributed by atoms with Crippen molar-refractivity contribution in [2.75, 3.05) is 25.4 Å². The van der Waals surface area contributed by atoms with E-state index in [4.69, 9.17) is 0 Å². The van der Waals surface area contributed by atoms with Gasteiger partial charge in [-0.3, -0.25) is 14.0 Å². The number of rotatable bonds is 9. The number of likely N-dealkylation sites (N-methyl/N-ethyl adjacent to an activating group) is 1. The Bertz CT molecular complexity index is 1720. The second-order valence-corrected chi connectivity index (χ2v) is 12.3. The van der Waals surface area contributed by atoms with Gasteiger partial charge in [-0.2, -0.15) is 5.10 Å². The first-order chi connectivity index (χ1) is 18.6. The van der Waals surface area contributed by atoms with Crippen molar-refractivity contribution in [3.8, 4) is 27.9 Å². The van der Waals surface area contributed by atoms with Gasteiger partial charge in [0.1, 0.15) is 12.1 Å². The second kappa shape index (κ2) is 10.6. The predicted molar refractivity (Wildman–Crippen MR) is 154 cm³/mol. The van der Waals surface area contributed by atoms with Crippen LogP contribution in [0.2, 0.25) is 0 Å². The van der Waals surface area contributed by atoms with E-state index in [-0.39, 0.29) is 5.82 Å². The molecule has 0 fully saturated rings. The Balaban J connectivity index is 1.54. The number of imidazole rings is 1. The van der Waals surface area contributed by atoms with Crippen LogP contribution < -0.4 is 4.72 Å². The van der Waals surface area contributed by atoms with E-state index < -0.39 is 15.3 Å². The summed E-state index contributed by atoms with van der Waals surface area (Å²) in [6.45, 7) is 4.95. The number of hydrogen-bond acceptors (Lipinski definition) is 5. The highest BCUT2D eigenvalue weighted by Gasteiger charge is 2.17. The summed E-state index contributed by atoms with van der Waals surface area (Å²) in [5.74, 6) is -0.338. The molecular formula is C29H31FN6O2S. The van der Waals surface area contributed by atoms with Crippen LogP contribution >= 0.6 is 0 Å². The molecule has 0 unspecified atom stereocenters. The Morgan fingerprint density at radius 2 is 1.69 bits per heavy atom. The average molecular weight is 547 g/mol. The SMILES string of the molecule is CC(C)S(=O)(=O)Nc1cc(-c2ccc(F)cc2)cc(-n2cnc3cc(-c4cnn(CCN(C)C)c4)ccc32)c1. The third kappa shape index (κ3) is 5.86. The topological polar surface area (TPSA) is 85.0 Å². The highest BCUT2D eigenvalue weighted by molar-refractivity contribution is 7.93. The van der Waals surface area contributed by atoms with Crippen LogP contribution in [0.5, 0.6) is 0 Å². The third-order valence-corrected chi connectivity index (χ3v) is 8.31. The van der Waals surface area contributed by atoms with Gasteiger partial charge in [-0.05, 0) is 87.1 Å². The second-order valence-electron chi connectivity index (χ2n) is 10.1. The lowest BCUT2D eigenvalue weighted by atomic mass is 10.0. The molecule has 2 aromatic heterocycles. The Hall–Kier alpha value is -4.02. The van der Waals surface area contributed by atoms with Crippen LogP contribution in [0.3, 0.4) is 0 Å². The summed E-state index contributed by atoms with van der Waals surface area (Å²) in [5, 5.41) is 3.88. The molecular weight excluding hydrogens is 515 g/mol. The monoisotopic (exact) mass is 546 g/mol. The number of benzene rings is 3. The molecule has 0 aliphatic carbocycles. The van der Waals surface area contributed by atoms with Crippen molar-refractivity contribution in [2.45, 2.75) is 25.6 Å². The summed E-state index contributed by atoms with van der Waals surface area (Å²) < 4.78 is 45.4. The molecule has 0 bridgehead atoms. The van der Waals surface area contributed by atoms with Gasteiger partial charge in [0.2, 0.25) is 10.0 Å². The molecule has 0 amide bonds. The van der Waals surface area contributed by atoms with E-state index in [1.165, 1.54) is 12.1 Å². The van der Waals surface area contributed by atoms with Crippen LogP contribution in [0.25, 0.3) is 39.0 Å². The molecule has 1 N–H and O–H groups in total. The molecule has 0 radical (unpaired) electrons. The summed E-state index contributed by atoms with van der Waals surface area (Å²) in [6, 6.07) is 17.6. The Labute approximate surface area is 227 Å². The molecule has 0 atom stereocenters. The quantitative estimate of drug-likeness (QED) is 0.267. The standard InChI is InChI=1S/C29H31FN6O2S/c1-20(2)39(37,38)33-26-13-23(21-5-8-25(30)9-6-21)14-27(16-26)36-19-31-28-15-22(7-10-29(28)36)24-17-32-35(18-24)12-11-34(3)4/h5-10,13-20,33H,11-12H2,1-4H3. The molecule has 8 nitrogen and oxygen atoms in total. The molecule has 202 valence electrons. The fourth-order valence-electron chi connectivity index (χ4n) is 4.24. The van der Waals surface area contributed by atoms with E-state index in [1.807, 2.05) is 60.0 Å². The van der Waals surface area contributed by atoms with Crippen LogP contribution in [0, 0.1) is 5.82 Å². The lowest BCUT2D eigenvalue weighted by Crippen LogP contribution is -2.22. The van der Waals surface area contributed by atoms with Crippen LogP contribution in [-0.4, -0.2) is 58.5 Å². The fourth-order valence-corrected chi connectivity index (χ4v) is 4.92. The number of nitrogens with zero attached hydrogens (tertiary/aromatic N) is 5. The molecule has 5 aromatic rings. The van der Waals surface area contributed by atoms with Crippen molar-refractivity contribution in [1.82, 2.24) is 24.2 Å². The minimum atomic E-state index is -3.57. The van der Waals surface area contributed by atoms with Crippen LogP contribution in [0.4, 0.5) is 10.1 Å². The van der Waals surface area contributed by atoms with E-state index in [0.717, 1.165) is 52.1 Å². The maximum Gasteiger partial charge on any atom is 0.235 e. The number of nitrogens with one attached hydrogen (secondary N) is 1. The summed E-state index contributed by atoms with van der Waals surface area (Å²) in [4.78, 5) is 6.75. The Morgan fingerprint density at radius 1 is 0.949 bits per heavy atom. The summed E-state index contributed by atoms with van der Waals surface area (Å²) in [7, 11) is 0.494. The Kier molecular flexibility index (Phi) is 7.24. The molecule has 10 heteroatoms. The molecule has 0 aliphatic rings. The van der Waals surface area contributed by atoms with Gasteiger partial charge in [0.25, 0.3) is 0 Å². The zero-order chi connectivity index (χ0) is 27.7. The first-order valence-electron chi connectivity index (χ1n) is 12.7. The highest BCUT2D eigenvalue weighted by Crippen LogP contribution is 2.31.